The second-order valence-corrected chi connectivity index (χ2v) is 5.49. The molecule has 0 aromatic heterocycles. The summed E-state index contributed by atoms with van der Waals surface area (Å²) in [5, 5.41) is 8.94. The minimum atomic E-state index is 0.372. The fraction of sp³-hybridized carbons (Fsp3) is 1.00. The lowest BCUT2D eigenvalue weighted by Crippen LogP contribution is -2.28. The first kappa shape index (κ1) is 8.55. The Kier molecular flexibility index (Phi) is 1.61. The van der Waals surface area contributed by atoms with Gasteiger partial charge in [0.25, 0.3) is 0 Å². The van der Waals surface area contributed by atoms with Crippen molar-refractivity contribution >= 4 is 0 Å². The molecule has 0 aromatic carbocycles. The molecule has 1 heteroatoms. The summed E-state index contributed by atoms with van der Waals surface area (Å²) in [7, 11) is 0. The highest BCUT2D eigenvalue weighted by Gasteiger charge is 2.66. The lowest BCUT2D eigenvalue weighted by atomic mass is 9.70. The zero-order valence-electron chi connectivity index (χ0n) is 8.43. The molecule has 2 aliphatic carbocycles. The predicted octanol–water partition coefficient (Wildman–Crippen LogP) is 2.44. The monoisotopic (exact) mass is 168 g/mol. The minimum absolute atomic E-state index is 0.372. The van der Waals surface area contributed by atoms with Gasteiger partial charge in [0.15, 0.2) is 0 Å². The normalized spacial score (nSPS) is 49.0. The molecule has 2 fully saturated rings. The van der Waals surface area contributed by atoms with E-state index in [1.165, 1.54) is 12.8 Å². The van der Waals surface area contributed by atoms with E-state index < -0.39 is 0 Å². The molecule has 0 radical (unpaired) electrons. The van der Waals surface area contributed by atoms with E-state index in [1.807, 2.05) is 0 Å². The molecule has 0 bridgehead atoms. The van der Waals surface area contributed by atoms with Gasteiger partial charge in [0, 0.05) is 6.61 Å². The van der Waals surface area contributed by atoms with Gasteiger partial charge in [-0.2, -0.15) is 0 Å². The summed E-state index contributed by atoms with van der Waals surface area (Å²) >= 11 is 0. The van der Waals surface area contributed by atoms with E-state index in [4.69, 9.17) is 5.11 Å². The summed E-state index contributed by atoms with van der Waals surface area (Å²) in [6.07, 6.45) is 3.81. The Balaban J connectivity index is 2.12. The lowest BCUT2D eigenvalue weighted by molar-refractivity contribution is 0.119. The van der Waals surface area contributed by atoms with Crippen LogP contribution < -0.4 is 0 Å². The Morgan fingerprint density at radius 3 is 2.42 bits per heavy atom. The van der Waals surface area contributed by atoms with Gasteiger partial charge in [0.1, 0.15) is 0 Å². The van der Waals surface area contributed by atoms with Crippen LogP contribution in [-0.2, 0) is 0 Å². The van der Waals surface area contributed by atoms with Gasteiger partial charge in [-0.3, -0.25) is 0 Å². The van der Waals surface area contributed by atoms with Crippen LogP contribution in [0.4, 0.5) is 0 Å². The fourth-order valence-electron chi connectivity index (χ4n) is 3.32. The van der Waals surface area contributed by atoms with E-state index in [-0.39, 0.29) is 0 Å². The average molecular weight is 168 g/mol. The van der Waals surface area contributed by atoms with Crippen LogP contribution in [0.25, 0.3) is 0 Å². The Bertz CT molecular complexity index is 197. The molecule has 1 nitrogen and oxygen atoms in total. The standard InChI is InChI=1S/C11H20O/c1-10(2)8(4-5-12)6-9-7-11(9,10)3/h8-9,12H,4-7H2,1-3H3/t8?,9?,11-/m0/s1. The highest BCUT2D eigenvalue weighted by Crippen LogP contribution is 2.74. The van der Waals surface area contributed by atoms with Gasteiger partial charge >= 0.3 is 0 Å². The van der Waals surface area contributed by atoms with Crippen molar-refractivity contribution in [2.24, 2.45) is 22.7 Å². The van der Waals surface area contributed by atoms with Gasteiger partial charge in [-0.1, -0.05) is 20.8 Å². The summed E-state index contributed by atoms with van der Waals surface area (Å²) in [5.74, 6) is 1.75. The number of aliphatic hydroxyl groups excluding tert-OH is 1. The molecule has 0 heterocycles. The summed E-state index contributed by atoms with van der Waals surface area (Å²) in [6.45, 7) is 7.58. The molecular formula is C11H20O. The number of rotatable bonds is 2. The van der Waals surface area contributed by atoms with E-state index in [0.717, 1.165) is 18.3 Å². The maximum Gasteiger partial charge on any atom is 0.0433 e. The Morgan fingerprint density at radius 1 is 1.33 bits per heavy atom. The summed E-state index contributed by atoms with van der Waals surface area (Å²) in [6, 6.07) is 0. The van der Waals surface area contributed by atoms with Crippen molar-refractivity contribution in [2.45, 2.75) is 40.0 Å². The third kappa shape index (κ3) is 0.834. The van der Waals surface area contributed by atoms with E-state index in [1.54, 1.807) is 0 Å². The molecule has 70 valence electrons. The maximum atomic E-state index is 8.94. The number of hydrogen-bond acceptors (Lipinski definition) is 1. The molecule has 0 saturated heterocycles. The Morgan fingerprint density at radius 2 is 2.00 bits per heavy atom. The molecule has 2 aliphatic rings. The highest BCUT2D eigenvalue weighted by atomic mass is 16.3. The second-order valence-electron chi connectivity index (χ2n) is 5.49. The van der Waals surface area contributed by atoms with E-state index >= 15 is 0 Å². The van der Waals surface area contributed by atoms with E-state index in [2.05, 4.69) is 20.8 Å². The van der Waals surface area contributed by atoms with E-state index in [0.29, 0.717) is 17.4 Å². The van der Waals surface area contributed by atoms with Gasteiger partial charge in [0.2, 0.25) is 0 Å². The molecule has 0 spiro atoms. The molecule has 3 atom stereocenters. The zero-order chi connectivity index (χ0) is 8.98. The third-order valence-electron chi connectivity index (χ3n) is 4.95. The van der Waals surface area contributed by atoms with Gasteiger partial charge < -0.3 is 5.11 Å². The summed E-state index contributed by atoms with van der Waals surface area (Å²) in [4.78, 5) is 0. The molecule has 2 saturated carbocycles. The van der Waals surface area contributed by atoms with Crippen LogP contribution in [0.5, 0.6) is 0 Å². The van der Waals surface area contributed by atoms with Crippen LogP contribution in [0.1, 0.15) is 40.0 Å². The molecule has 1 N–H and O–H groups in total. The first-order chi connectivity index (χ1) is 5.52. The topological polar surface area (TPSA) is 20.2 Å². The highest BCUT2D eigenvalue weighted by molar-refractivity contribution is 5.15. The number of aliphatic hydroxyl groups is 1. The van der Waals surface area contributed by atoms with Gasteiger partial charge in [-0.25, -0.2) is 0 Å². The van der Waals surface area contributed by atoms with Crippen molar-refractivity contribution in [1.29, 1.82) is 0 Å². The Hall–Kier alpha value is -0.0400. The quantitative estimate of drug-likeness (QED) is 0.671. The molecule has 0 amide bonds. The Labute approximate surface area is 75.2 Å². The summed E-state index contributed by atoms with van der Waals surface area (Å²) < 4.78 is 0. The molecule has 2 unspecified atom stereocenters. The number of hydrogen-bond donors (Lipinski definition) is 1. The van der Waals surface area contributed by atoms with Crippen LogP contribution >= 0.6 is 0 Å². The van der Waals surface area contributed by atoms with Crippen molar-refractivity contribution in [2.75, 3.05) is 6.61 Å². The van der Waals surface area contributed by atoms with Crippen LogP contribution in [0.2, 0.25) is 0 Å². The number of fused-ring (bicyclic) bond motifs is 1. The van der Waals surface area contributed by atoms with Crippen LogP contribution in [-0.4, -0.2) is 11.7 Å². The lowest BCUT2D eigenvalue weighted by Gasteiger charge is -2.35. The SMILES string of the molecule is CC1(C)C(CCO)CC2C[C@@]21C. The van der Waals surface area contributed by atoms with Crippen LogP contribution in [0.3, 0.4) is 0 Å². The van der Waals surface area contributed by atoms with Crippen molar-refractivity contribution in [3.63, 3.8) is 0 Å². The molecule has 12 heavy (non-hydrogen) atoms. The first-order valence-corrected chi connectivity index (χ1v) is 5.13. The molecule has 2 rings (SSSR count). The van der Waals surface area contributed by atoms with Crippen LogP contribution in [0, 0.1) is 22.7 Å². The van der Waals surface area contributed by atoms with Gasteiger partial charge in [-0.05, 0) is 41.9 Å². The zero-order valence-corrected chi connectivity index (χ0v) is 8.43. The maximum absolute atomic E-state index is 8.94. The van der Waals surface area contributed by atoms with E-state index in [9.17, 15) is 0 Å². The van der Waals surface area contributed by atoms with Crippen LogP contribution in [0.15, 0.2) is 0 Å². The van der Waals surface area contributed by atoms with Crippen molar-refractivity contribution in [3.05, 3.63) is 0 Å². The van der Waals surface area contributed by atoms with Crippen molar-refractivity contribution in [3.8, 4) is 0 Å². The largest absolute Gasteiger partial charge is 0.396 e. The predicted molar refractivity (Wildman–Crippen MR) is 49.8 cm³/mol. The molecule has 0 aliphatic heterocycles. The smallest absolute Gasteiger partial charge is 0.0433 e. The molecule has 0 aromatic rings. The van der Waals surface area contributed by atoms with Crippen molar-refractivity contribution in [1.82, 2.24) is 0 Å². The molecular weight excluding hydrogens is 148 g/mol. The van der Waals surface area contributed by atoms with Crippen molar-refractivity contribution < 1.29 is 5.11 Å². The first-order valence-electron chi connectivity index (χ1n) is 5.13. The third-order valence-corrected chi connectivity index (χ3v) is 4.95. The minimum Gasteiger partial charge on any atom is -0.396 e. The second kappa shape index (κ2) is 2.25. The fourth-order valence-corrected chi connectivity index (χ4v) is 3.32. The summed E-state index contributed by atoms with van der Waals surface area (Å²) in [5.41, 5.74) is 1.09. The van der Waals surface area contributed by atoms with Gasteiger partial charge in [0.05, 0.1) is 0 Å². The van der Waals surface area contributed by atoms with Gasteiger partial charge in [-0.15, -0.1) is 0 Å². The average Bonchev–Trinajstić information content (AvgIpc) is 2.58.